The van der Waals surface area contributed by atoms with E-state index >= 15 is 0 Å². The Kier molecular flexibility index (Phi) is 0.843. The van der Waals surface area contributed by atoms with Gasteiger partial charge in [-0.05, 0) is 24.2 Å². The minimum Gasteiger partial charge on any atom is -0.0901 e. The van der Waals surface area contributed by atoms with Crippen molar-refractivity contribution >= 4 is 11.8 Å². The summed E-state index contributed by atoms with van der Waals surface area (Å²) >= 11 is 0.571. The Hall–Kier alpha value is -1.21. The van der Waals surface area contributed by atoms with Crippen molar-refractivity contribution in [1.82, 2.24) is 0 Å². The minimum absolute atomic E-state index is 0.186. The average molecular weight is 196 g/mol. The molecule has 0 radical (unpaired) electrons. The van der Waals surface area contributed by atoms with Crippen LogP contribution < -0.4 is 0 Å². The van der Waals surface area contributed by atoms with Gasteiger partial charge in [0, 0.05) is 9.79 Å². The third kappa shape index (κ3) is 2.36. The summed E-state index contributed by atoms with van der Waals surface area (Å²) in [6, 6.07) is -5.18. The summed E-state index contributed by atoms with van der Waals surface area (Å²) in [5.74, 6) is 0. The molecule has 0 unspecified atom stereocenters. The molecular weight excluding hydrogens is 176 g/mol. The molecule has 0 aliphatic rings. The van der Waals surface area contributed by atoms with Gasteiger partial charge in [0.2, 0.25) is 0 Å². The number of hydrogen-bond donors (Lipinski definition) is 0. The smallest absolute Gasteiger partial charge is 0.0635 e. The van der Waals surface area contributed by atoms with Crippen LogP contribution in [0.2, 0.25) is 0 Å². The molecule has 0 aromatic heterocycles. The number of benzene rings is 2. The van der Waals surface area contributed by atoms with Crippen molar-refractivity contribution in [2.75, 3.05) is 0 Å². The fraction of sp³-hybridized carbons (Fsp3) is 0. The summed E-state index contributed by atoms with van der Waals surface area (Å²) in [4.78, 5) is -0.371. The molecule has 0 aliphatic heterocycles. The zero-order valence-corrected chi connectivity index (χ0v) is 7.22. The highest BCUT2D eigenvalue weighted by Gasteiger charge is 1.93. The summed E-state index contributed by atoms with van der Waals surface area (Å²) in [5.41, 5.74) is 0. The maximum absolute atomic E-state index is 7.83. The highest BCUT2D eigenvalue weighted by Crippen LogP contribution is 2.26. The van der Waals surface area contributed by atoms with Crippen LogP contribution in [-0.2, 0) is 0 Å². The van der Waals surface area contributed by atoms with Gasteiger partial charge in [0.15, 0.2) is 0 Å². The third-order valence-corrected chi connectivity index (χ3v) is 1.97. The van der Waals surface area contributed by atoms with Crippen molar-refractivity contribution in [2.45, 2.75) is 9.79 Å². The third-order valence-electron chi connectivity index (χ3n) is 1.16. The van der Waals surface area contributed by atoms with Crippen molar-refractivity contribution < 1.29 is 13.7 Å². The predicted molar refractivity (Wildman–Crippen MR) is 57.0 cm³/mol. The van der Waals surface area contributed by atoms with Crippen LogP contribution in [0.1, 0.15) is 13.7 Å². The fourth-order valence-corrected chi connectivity index (χ4v) is 1.29. The van der Waals surface area contributed by atoms with Gasteiger partial charge in [-0.1, -0.05) is 48.0 Å². The molecule has 0 atom stereocenters. The van der Waals surface area contributed by atoms with Gasteiger partial charge >= 0.3 is 0 Å². The Labute approximate surface area is 96.7 Å². The lowest BCUT2D eigenvalue weighted by atomic mass is 10.4. The molecule has 13 heavy (non-hydrogen) atoms. The van der Waals surface area contributed by atoms with Crippen LogP contribution in [0.4, 0.5) is 0 Å². The van der Waals surface area contributed by atoms with Crippen LogP contribution in [-0.4, -0.2) is 0 Å². The second-order valence-corrected chi connectivity index (χ2v) is 3.03. The second kappa shape index (κ2) is 4.15. The van der Waals surface area contributed by atoms with Gasteiger partial charge in [-0.2, -0.15) is 0 Å². The molecule has 0 N–H and O–H groups in total. The van der Waals surface area contributed by atoms with E-state index in [-0.39, 0.29) is 9.79 Å². The zero-order chi connectivity index (χ0) is 17.6. The molecule has 0 saturated heterocycles. The van der Waals surface area contributed by atoms with Gasteiger partial charge < -0.3 is 0 Å². The van der Waals surface area contributed by atoms with E-state index in [1.54, 1.807) is 0 Å². The van der Waals surface area contributed by atoms with Crippen LogP contribution in [0.25, 0.3) is 0 Å². The molecule has 0 bridgehead atoms. The quantitative estimate of drug-likeness (QED) is 0.703. The molecule has 2 aromatic carbocycles. The second-order valence-electron chi connectivity index (χ2n) is 2.01. The van der Waals surface area contributed by atoms with Gasteiger partial charge in [-0.15, -0.1) is 0 Å². The molecule has 1 heteroatoms. The van der Waals surface area contributed by atoms with E-state index in [4.69, 9.17) is 13.7 Å². The van der Waals surface area contributed by atoms with Gasteiger partial charge in [0.05, 0.1) is 13.7 Å². The molecule has 2 rings (SSSR count). The zero-order valence-electron chi connectivity index (χ0n) is 16.4. The first-order chi connectivity index (χ1) is 10.6. The van der Waals surface area contributed by atoms with Crippen molar-refractivity contribution in [1.29, 1.82) is 0 Å². The lowest BCUT2D eigenvalue weighted by Gasteiger charge is -1.99. The van der Waals surface area contributed by atoms with E-state index in [2.05, 4.69) is 0 Å². The summed E-state index contributed by atoms with van der Waals surface area (Å²) in [5, 5.41) is 0. The molecule has 0 fully saturated rings. The number of hydrogen-bond acceptors (Lipinski definition) is 1. The van der Waals surface area contributed by atoms with Gasteiger partial charge in [-0.3, -0.25) is 0 Å². The van der Waals surface area contributed by atoms with E-state index in [1.165, 1.54) is 0 Å². The SMILES string of the molecule is [2H]c1c([2H])c([2H])c(Sc2c([2H])c([2H])c([2H])c([2H])c2[2H])c([2H])c1[2H]. The lowest BCUT2D eigenvalue weighted by Crippen LogP contribution is -1.70. The Morgan fingerprint density at radius 2 is 1.08 bits per heavy atom. The van der Waals surface area contributed by atoms with Crippen LogP contribution in [0, 0.1) is 0 Å². The Bertz CT molecular complexity index is 691. The van der Waals surface area contributed by atoms with Gasteiger partial charge in [0.1, 0.15) is 0 Å². The standard InChI is InChI=1S/C12H10S/c1-3-7-11(8-4-1)13-12-9-5-2-6-10-12/h1-10H/i1D,2D,3D,4D,5D,6D,7D,8D,9D,10D. The van der Waals surface area contributed by atoms with E-state index < -0.39 is 60.4 Å². The topological polar surface area (TPSA) is 0 Å². The van der Waals surface area contributed by atoms with Crippen LogP contribution in [0.5, 0.6) is 0 Å². The first kappa shape index (κ1) is 2.64. The highest BCUT2D eigenvalue weighted by molar-refractivity contribution is 7.99. The summed E-state index contributed by atoms with van der Waals surface area (Å²) in [7, 11) is 0. The Morgan fingerprint density at radius 3 is 1.46 bits per heavy atom. The van der Waals surface area contributed by atoms with E-state index in [0.717, 1.165) is 0 Å². The predicted octanol–water partition coefficient (Wildman–Crippen LogP) is 3.84. The first-order valence-electron chi connectivity index (χ1n) is 8.41. The van der Waals surface area contributed by atoms with E-state index in [1.807, 2.05) is 0 Å². The molecule has 0 spiro atoms. The largest absolute Gasteiger partial charge is 0.0901 e. The Balaban J connectivity index is 2.71. The van der Waals surface area contributed by atoms with Gasteiger partial charge in [0.25, 0.3) is 0 Å². The molecule has 0 heterocycles. The lowest BCUT2D eigenvalue weighted by molar-refractivity contribution is 1.41. The summed E-state index contributed by atoms with van der Waals surface area (Å²) in [6.45, 7) is 0. The average Bonchev–Trinajstić information content (AvgIpc) is 2.54. The maximum atomic E-state index is 7.83. The molecule has 64 valence electrons. The fourth-order valence-electron chi connectivity index (χ4n) is 0.681. The normalized spacial score (nSPS) is 20.6. The van der Waals surface area contributed by atoms with Crippen molar-refractivity contribution in [2.24, 2.45) is 0 Å². The molecule has 0 amide bonds. The van der Waals surface area contributed by atoms with Crippen molar-refractivity contribution in [3.8, 4) is 0 Å². The molecule has 2 aromatic rings. The molecule has 0 saturated carbocycles. The first-order valence-corrected chi connectivity index (χ1v) is 4.22. The van der Waals surface area contributed by atoms with E-state index in [0.29, 0.717) is 11.8 Å². The number of rotatable bonds is 2. The minimum atomic E-state index is -0.551. The van der Waals surface area contributed by atoms with Crippen molar-refractivity contribution in [3.63, 3.8) is 0 Å². The molecule has 0 nitrogen and oxygen atoms in total. The molecule has 0 aliphatic carbocycles. The summed E-state index contributed by atoms with van der Waals surface area (Å²) in [6.07, 6.45) is 0. The highest BCUT2D eigenvalue weighted by atomic mass is 32.2. The van der Waals surface area contributed by atoms with Crippen molar-refractivity contribution in [3.05, 3.63) is 60.4 Å². The molecular formula is C12H10S. The monoisotopic (exact) mass is 196 g/mol. The van der Waals surface area contributed by atoms with Crippen LogP contribution in [0.3, 0.4) is 0 Å². The van der Waals surface area contributed by atoms with Crippen LogP contribution >= 0.6 is 11.8 Å². The van der Waals surface area contributed by atoms with Crippen LogP contribution in [0.15, 0.2) is 70.2 Å². The maximum Gasteiger partial charge on any atom is 0.0635 e. The van der Waals surface area contributed by atoms with E-state index in [9.17, 15) is 0 Å². The van der Waals surface area contributed by atoms with Gasteiger partial charge in [-0.25, -0.2) is 0 Å². The Morgan fingerprint density at radius 1 is 0.692 bits per heavy atom. The summed E-state index contributed by atoms with van der Waals surface area (Å²) < 4.78 is 76.8.